The lowest BCUT2D eigenvalue weighted by atomic mass is 10.3. The molecule has 1 aromatic heterocycles. The Labute approximate surface area is 85.6 Å². The van der Waals surface area contributed by atoms with Gasteiger partial charge in [0.05, 0.1) is 0 Å². The van der Waals surface area contributed by atoms with Gasteiger partial charge in [-0.3, -0.25) is 4.79 Å². The van der Waals surface area contributed by atoms with Crippen LogP contribution in [0.3, 0.4) is 0 Å². The Morgan fingerprint density at radius 1 is 1.47 bits per heavy atom. The number of nitrogens with zero attached hydrogens (tertiary/aromatic N) is 1. The lowest BCUT2D eigenvalue weighted by Gasteiger charge is -2.10. The Bertz CT molecular complexity index is 393. The molecule has 0 aliphatic heterocycles. The highest BCUT2D eigenvalue weighted by atomic mass is 35.5. The second-order valence-electron chi connectivity index (χ2n) is 2.30. The Kier molecular flexibility index (Phi) is 3.13. The summed E-state index contributed by atoms with van der Waals surface area (Å²) in [6.45, 7) is 0. The Morgan fingerprint density at radius 3 is 2.53 bits per heavy atom. The molecule has 0 unspecified atom stereocenters. The van der Waals surface area contributed by atoms with Gasteiger partial charge in [-0.15, -0.1) is 13.2 Å². The number of hydrogen-bond donors (Lipinski definition) is 0. The fourth-order valence-electron chi connectivity index (χ4n) is 0.808. The average Bonchev–Trinajstić information content (AvgIpc) is 1.99. The molecule has 0 radical (unpaired) electrons. The van der Waals surface area contributed by atoms with E-state index in [0.29, 0.717) is 6.07 Å². The van der Waals surface area contributed by atoms with Crippen molar-refractivity contribution in [3.8, 4) is 5.75 Å². The lowest BCUT2D eigenvalue weighted by Crippen LogP contribution is -2.19. The van der Waals surface area contributed by atoms with Crippen LogP contribution in [0.5, 0.6) is 5.75 Å². The third kappa shape index (κ3) is 3.05. The van der Waals surface area contributed by atoms with Crippen LogP contribution < -0.4 is 4.74 Å². The highest BCUT2D eigenvalue weighted by Crippen LogP contribution is 2.27. The molecule has 0 amide bonds. The maximum Gasteiger partial charge on any atom is 0.573 e. The van der Waals surface area contributed by atoms with Gasteiger partial charge in [0.1, 0.15) is 11.3 Å². The monoisotopic (exact) mass is 243 g/mol. The first-order valence-electron chi connectivity index (χ1n) is 3.41. The molecule has 1 heterocycles. The summed E-state index contributed by atoms with van der Waals surface area (Å²) in [4.78, 5) is 13.6. The molecule has 0 fully saturated rings. The van der Waals surface area contributed by atoms with Gasteiger partial charge in [0.25, 0.3) is 5.24 Å². The maximum atomic E-state index is 12.8. The molecule has 0 spiro atoms. The van der Waals surface area contributed by atoms with Gasteiger partial charge in [0.15, 0.2) is 0 Å². The van der Waals surface area contributed by atoms with Crippen LogP contribution in [-0.4, -0.2) is 16.6 Å². The summed E-state index contributed by atoms with van der Waals surface area (Å²) in [5, 5.41) is -1.42. The van der Waals surface area contributed by atoms with Gasteiger partial charge in [0, 0.05) is 6.20 Å². The predicted molar refractivity (Wildman–Crippen MR) is 41.1 cm³/mol. The first kappa shape index (κ1) is 11.7. The zero-order valence-corrected chi connectivity index (χ0v) is 7.56. The van der Waals surface area contributed by atoms with Crippen LogP contribution in [0.4, 0.5) is 17.6 Å². The van der Waals surface area contributed by atoms with Crippen molar-refractivity contribution in [3.63, 3.8) is 0 Å². The average molecular weight is 244 g/mol. The maximum absolute atomic E-state index is 12.8. The van der Waals surface area contributed by atoms with Crippen molar-refractivity contribution in [3.05, 3.63) is 23.8 Å². The molecule has 0 N–H and O–H groups in total. The van der Waals surface area contributed by atoms with E-state index in [1.165, 1.54) is 0 Å². The molecule has 0 aromatic carbocycles. The van der Waals surface area contributed by atoms with Crippen molar-refractivity contribution >= 4 is 16.8 Å². The Morgan fingerprint density at radius 2 is 2.07 bits per heavy atom. The molecule has 0 aliphatic rings. The van der Waals surface area contributed by atoms with Crippen molar-refractivity contribution in [1.82, 2.24) is 4.98 Å². The molecule has 1 aromatic rings. The van der Waals surface area contributed by atoms with E-state index in [0.717, 1.165) is 6.20 Å². The molecule has 3 nitrogen and oxygen atoms in total. The third-order valence-electron chi connectivity index (χ3n) is 1.29. The molecule has 0 saturated heterocycles. The summed E-state index contributed by atoms with van der Waals surface area (Å²) in [5.41, 5.74) is -1.04. The highest BCUT2D eigenvalue weighted by molar-refractivity contribution is 6.68. The number of halogens is 5. The minimum Gasteiger partial charge on any atom is -0.405 e. The van der Waals surface area contributed by atoms with Gasteiger partial charge in [-0.1, -0.05) is 0 Å². The highest BCUT2D eigenvalue weighted by Gasteiger charge is 2.33. The van der Waals surface area contributed by atoms with Crippen LogP contribution in [0, 0.1) is 5.95 Å². The minimum atomic E-state index is -5.03. The zero-order valence-electron chi connectivity index (χ0n) is 6.81. The number of rotatable bonds is 2. The number of pyridine rings is 1. The molecule has 0 atom stereocenters. The van der Waals surface area contributed by atoms with Gasteiger partial charge in [-0.2, -0.15) is 4.39 Å². The summed E-state index contributed by atoms with van der Waals surface area (Å²) >= 11 is 4.88. The SMILES string of the molecule is O=C(Cl)c1c(OC(F)(F)F)ccnc1F. The number of carbonyl (C=O) groups excluding carboxylic acids is 1. The molecule has 1 rings (SSSR count). The Balaban J connectivity index is 3.18. The topological polar surface area (TPSA) is 39.2 Å². The van der Waals surface area contributed by atoms with Crippen LogP contribution in [0.2, 0.25) is 0 Å². The van der Waals surface area contributed by atoms with E-state index in [4.69, 9.17) is 11.6 Å². The normalized spacial score (nSPS) is 11.3. The van der Waals surface area contributed by atoms with Crippen LogP contribution in [0.15, 0.2) is 12.3 Å². The first-order chi connectivity index (χ1) is 6.81. The molecule has 82 valence electrons. The number of hydrogen-bond acceptors (Lipinski definition) is 3. The number of carbonyl (C=O) groups is 1. The fraction of sp³-hybridized carbons (Fsp3) is 0.143. The van der Waals surface area contributed by atoms with E-state index in [1.807, 2.05) is 0 Å². The van der Waals surface area contributed by atoms with Gasteiger partial charge in [-0.25, -0.2) is 4.98 Å². The number of ether oxygens (including phenoxy) is 1. The number of alkyl halides is 3. The fourth-order valence-corrected chi connectivity index (χ4v) is 0.979. The van der Waals surface area contributed by atoms with E-state index >= 15 is 0 Å². The van der Waals surface area contributed by atoms with Crippen molar-refractivity contribution in [2.45, 2.75) is 6.36 Å². The van der Waals surface area contributed by atoms with E-state index in [1.54, 1.807) is 0 Å². The second kappa shape index (κ2) is 4.01. The standard InChI is InChI=1S/C7H2ClF4NO2/c8-5(14)4-3(15-7(10,11)12)1-2-13-6(4)9/h1-2H. The molecule has 15 heavy (non-hydrogen) atoms. The summed E-state index contributed by atoms with van der Waals surface area (Å²) in [5.74, 6) is -2.44. The van der Waals surface area contributed by atoms with Gasteiger partial charge >= 0.3 is 6.36 Å². The van der Waals surface area contributed by atoms with Crippen LogP contribution in [0.1, 0.15) is 10.4 Å². The molecule has 0 aliphatic carbocycles. The summed E-state index contributed by atoms with van der Waals surface area (Å²) < 4.78 is 51.6. The zero-order chi connectivity index (χ0) is 11.6. The quantitative estimate of drug-likeness (QED) is 0.455. The molecule has 8 heteroatoms. The van der Waals surface area contributed by atoms with Crippen molar-refractivity contribution in [1.29, 1.82) is 0 Å². The van der Waals surface area contributed by atoms with Gasteiger partial charge in [0.2, 0.25) is 5.95 Å². The predicted octanol–water partition coefficient (Wildman–Crippen LogP) is 2.50. The van der Waals surface area contributed by atoms with Gasteiger partial charge < -0.3 is 4.74 Å². The van der Waals surface area contributed by atoms with E-state index in [-0.39, 0.29) is 0 Å². The van der Waals surface area contributed by atoms with Gasteiger partial charge in [-0.05, 0) is 17.7 Å². The van der Waals surface area contributed by atoms with E-state index in [9.17, 15) is 22.4 Å². The van der Waals surface area contributed by atoms with Crippen LogP contribution in [0.25, 0.3) is 0 Å². The number of aromatic nitrogens is 1. The molecule has 0 saturated carbocycles. The van der Waals surface area contributed by atoms with Crippen molar-refractivity contribution in [2.24, 2.45) is 0 Å². The largest absolute Gasteiger partial charge is 0.573 e. The van der Waals surface area contributed by atoms with E-state index < -0.39 is 28.9 Å². The smallest absolute Gasteiger partial charge is 0.405 e. The first-order valence-corrected chi connectivity index (χ1v) is 3.79. The summed E-state index contributed by atoms with van der Waals surface area (Å²) in [6.07, 6.45) is -4.31. The summed E-state index contributed by atoms with van der Waals surface area (Å²) in [6, 6.07) is 0.687. The third-order valence-corrected chi connectivity index (χ3v) is 1.48. The summed E-state index contributed by atoms with van der Waals surface area (Å²) in [7, 11) is 0. The second-order valence-corrected chi connectivity index (χ2v) is 2.64. The van der Waals surface area contributed by atoms with Crippen LogP contribution in [-0.2, 0) is 0 Å². The molecular weight excluding hydrogens is 242 g/mol. The van der Waals surface area contributed by atoms with Crippen molar-refractivity contribution < 1.29 is 27.1 Å². The molecule has 0 bridgehead atoms. The Hall–Kier alpha value is -1.37. The lowest BCUT2D eigenvalue weighted by molar-refractivity contribution is -0.274. The molecular formula is C7H2ClF4NO2. The minimum absolute atomic E-state index is 0.687. The van der Waals surface area contributed by atoms with Crippen molar-refractivity contribution in [2.75, 3.05) is 0 Å². The van der Waals surface area contributed by atoms with E-state index in [2.05, 4.69) is 9.72 Å². The van der Waals surface area contributed by atoms with Crippen LogP contribution >= 0.6 is 11.6 Å².